The molecule has 0 aromatic carbocycles. The highest BCUT2D eigenvalue weighted by Gasteiger charge is 2.37. The minimum atomic E-state index is 0.169. The van der Waals surface area contributed by atoms with E-state index < -0.39 is 0 Å². The van der Waals surface area contributed by atoms with Crippen LogP contribution in [-0.2, 0) is 9.59 Å². The Balaban J connectivity index is 1.99. The maximum atomic E-state index is 12.4. The van der Waals surface area contributed by atoms with E-state index in [4.69, 9.17) is 0 Å². The van der Waals surface area contributed by atoms with E-state index in [1.165, 1.54) is 12.8 Å². The van der Waals surface area contributed by atoms with E-state index in [0.29, 0.717) is 18.2 Å². The third-order valence-electron chi connectivity index (χ3n) is 4.15. The Bertz CT molecular complexity index is 309. The van der Waals surface area contributed by atoms with Crippen molar-refractivity contribution in [3.8, 4) is 0 Å². The molecule has 2 aliphatic rings. The molecule has 0 aromatic heterocycles. The second-order valence-electron chi connectivity index (χ2n) is 5.71. The molecule has 17 heavy (non-hydrogen) atoms. The summed E-state index contributed by atoms with van der Waals surface area (Å²) in [6, 6.07) is 0.176. The monoisotopic (exact) mass is 237 g/mol. The van der Waals surface area contributed by atoms with Crippen molar-refractivity contribution >= 4 is 11.7 Å². The standard InChI is InChI=1S/C14H23NO2/c1-10(16)9-13-5-3-4-8-15(13)14(17)11(2)12-6-7-12/h11-13H,3-9H2,1-2H3. The van der Waals surface area contributed by atoms with Crippen molar-refractivity contribution in [1.29, 1.82) is 0 Å². The maximum absolute atomic E-state index is 12.4. The van der Waals surface area contributed by atoms with Gasteiger partial charge in [-0.05, 0) is 44.9 Å². The Morgan fingerprint density at radius 3 is 2.53 bits per heavy atom. The Hall–Kier alpha value is -0.860. The highest BCUT2D eigenvalue weighted by atomic mass is 16.2. The fourth-order valence-corrected chi connectivity index (χ4v) is 2.89. The lowest BCUT2D eigenvalue weighted by molar-refractivity contribution is -0.140. The van der Waals surface area contributed by atoms with Crippen molar-refractivity contribution in [3.63, 3.8) is 0 Å². The minimum Gasteiger partial charge on any atom is -0.339 e. The molecule has 0 spiro atoms. The topological polar surface area (TPSA) is 37.4 Å². The first-order valence-corrected chi connectivity index (χ1v) is 6.89. The van der Waals surface area contributed by atoms with Crippen LogP contribution in [0, 0.1) is 11.8 Å². The van der Waals surface area contributed by atoms with Crippen LogP contribution in [0.3, 0.4) is 0 Å². The smallest absolute Gasteiger partial charge is 0.225 e. The average Bonchev–Trinajstić information content (AvgIpc) is 3.11. The van der Waals surface area contributed by atoms with Gasteiger partial charge in [-0.2, -0.15) is 0 Å². The van der Waals surface area contributed by atoms with Gasteiger partial charge in [-0.3, -0.25) is 9.59 Å². The van der Waals surface area contributed by atoms with Crippen LogP contribution >= 0.6 is 0 Å². The molecule has 2 fully saturated rings. The molecule has 0 N–H and O–H groups in total. The van der Waals surface area contributed by atoms with Crippen molar-refractivity contribution in [2.24, 2.45) is 11.8 Å². The van der Waals surface area contributed by atoms with Crippen LogP contribution in [0.1, 0.15) is 52.4 Å². The van der Waals surface area contributed by atoms with Gasteiger partial charge < -0.3 is 4.90 Å². The van der Waals surface area contributed by atoms with Crippen LogP contribution in [0.25, 0.3) is 0 Å². The molecule has 1 heterocycles. The van der Waals surface area contributed by atoms with E-state index in [1.807, 2.05) is 4.90 Å². The molecule has 1 saturated heterocycles. The summed E-state index contributed by atoms with van der Waals surface area (Å²) < 4.78 is 0. The van der Waals surface area contributed by atoms with E-state index in [2.05, 4.69) is 6.92 Å². The number of hydrogen-bond donors (Lipinski definition) is 0. The number of hydrogen-bond acceptors (Lipinski definition) is 2. The second kappa shape index (κ2) is 5.19. The summed E-state index contributed by atoms with van der Waals surface area (Å²) in [4.78, 5) is 25.6. The summed E-state index contributed by atoms with van der Waals surface area (Å²) >= 11 is 0. The quantitative estimate of drug-likeness (QED) is 0.753. The maximum Gasteiger partial charge on any atom is 0.225 e. The first kappa shape index (κ1) is 12.6. The molecular weight excluding hydrogens is 214 g/mol. The summed E-state index contributed by atoms with van der Waals surface area (Å²) in [5, 5.41) is 0. The number of rotatable bonds is 4. The number of likely N-dealkylation sites (tertiary alicyclic amines) is 1. The third-order valence-corrected chi connectivity index (χ3v) is 4.15. The Kier molecular flexibility index (Phi) is 3.85. The molecule has 1 aliphatic heterocycles. The molecule has 3 nitrogen and oxygen atoms in total. The molecule has 2 atom stereocenters. The van der Waals surface area contributed by atoms with Gasteiger partial charge in [0.05, 0.1) is 0 Å². The Labute approximate surface area is 104 Å². The Morgan fingerprint density at radius 2 is 1.94 bits per heavy atom. The molecule has 1 aliphatic carbocycles. The zero-order chi connectivity index (χ0) is 12.4. The van der Waals surface area contributed by atoms with Crippen LogP contribution in [-0.4, -0.2) is 29.2 Å². The molecular formula is C14H23NO2. The predicted molar refractivity (Wildman–Crippen MR) is 66.5 cm³/mol. The van der Waals surface area contributed by atoms with Gasteiger partial charge in [-0.1, -0.05) is 6.92 Å². The highest BCUT2D eigenvalue weighted by molar-refractivity contribution is 5.81. The van der Waals surface area contributed by atoms with Gasteiger partial charge in [-0.15, -0.1) is 0 Å². The van der Waals surface area contributed by atoms with E-state index >= 15 is 0 Å². The fourth-order valence-electron chi connectivity index (χ4n) is 2.89. The highest BCUT2D eigenvalue weighted by Crippen LogP contribution is 2.38. The fraction of sp³-hybridized carbons (Fsp3) is 0.857. The summed E-state index contributed by atoms with van der Waals surface area (Å²) in [5.41, 5.74) is 0. The number of amides is 1. The zero-order valence-corrected chi connectivity index (χ0v) is 10.9. The number of Topliss-reactive ketones (excluding diaryl/α,β-unsaturated/α-hetero) is 1. The second-order valence-corrected chi connectivity index (χ2v) is 5.71. The van der Waals surface area contributed by atoms with E-state index in [1.54, 1.807) is 6.92 Å². The van der Waals surface area contributed by atoms with Gasteiger partial charge in [0, 0.05) is 24.9 Å². The van der Waals surface area contributed by atoms with Crippen LogP contribution in [0.4, 0.5) is 0 Å². The van der Waals surface area contributed by atoms with Crippen molar-refractivity contribution in [3.05, 3.63) is 0 Å². The molecule has 1 saturated carbocycles. The van der Waals surface area contributed by atoms with Crippen molar-refractivity contribution in [2.45, 2.75) is 58.4 Å². The van der Waals surface area contributed by atoms with Crippen LogP contribution in [0.2, 0.25) is 0 Å². The first-order valence-electron chi connectivity index (χ1n) is 6.89. The van der Waals surface area contributed by atoms with E-state index in [0.717, 1.165) is 25.8 Å². The molecule has 2 rings (SSSR count). The lowest BCUT2D eigenvalue weighted by Gasteiger charge is -2.37. The molecule has 3 heteroatoms. The average molecular weight is 237 g/mol. The van der Waals surface area contributed by atoms with Gasteiger partial charge in [-0.25, -0.2) is 0 Å². The van der Waals surface area contributed by atoms with Gasteiger partial charge in [0.15, 0.2) is 0 Å². The number of carbonyl (C=O) groups is 2. The van der Waals surface area contributed by atoms with E-state index in [-0.39, 0.29) is 17.7 Å². The third kappa shape index (κ3) is 3.08. The van der Waals surface area contributed by atoms with Crippen molar-refractivity contribution in [2.75, 3.05) is 6.54 Å². The number of piperidine rings is 1. The molecule has 2 unspecified atom stereocenters. The van der Waals surface area contributed by atoms with Gasteiger partial charge in [0.2, 0.25) is 5.91 Å². The van der Waals surface area contributed by atoms with Crippen LogP contribution in [0.5, 0.6) is 0 Å². The molecule has 96 valence electrons. The minimum absolute atomic E-state index is 0.169. The van der Waals surface area contributed by atoms with E-state index in [9.17, 15) is 9.59 Å². The Morgan fingerprint density at radius 1 is 1.24 bits per heavy atom. The van der Waals surface area contributed by atoms with Gasteiger partial charge >= 0.3 is 0 Å². The number of carbonyl (C=O) groups excluding carboxylic acids is 2. The SMILES string of the molecule is CC(=O)CC1CCCCN1C(=O)C(C)C1CC1. The molecule has 1 amide bonds. The first-order chi connectivity index (χ1) is 8.09. The lowest BCUT2D eigenvalue weighted by Crippen LogP contribution is -2.47. The molecule has 0 aromatic rings. The van der Waals surface area contributed by atoms with Crippen LogP contribution < -0.4 is 0 Å². The summed E-state index contributed by atoms with van der Waals surface area (Å²) in [5.74, 6) is 1.28. The summed E-state index contributed by atoms with van der Waals surface area (Å²) in [6.45, 7) is 4.54. The van der Waals surface area contributed by atoms with Crippen molar-refractivity contribution in [1.82, 2.24) is 4.90 Å². The molecule has 0 radical (unpaired) electrons. The number of nitrogens with zero attached hydrogens (tertiary/aromatic N) is 1. The van der Waals surface area contributed by atoms with Crippen molar-refractivity contribution < 1.29 is 9.59 Å². The lowest BCUT2D eigenvalue weighted by atomic mass is 9.95. The van der Waals surface area contributed by atoms with Gasteiger partial charge in [0.1, 0.15) is 5.78 Å². The zero-order valence-electron chi connectivity index (χ0n) is 10.9. The van der Waals surface area contributed by atoms with Gasteiger partial charge in [0.25, 0.3) is 0 Å². The summed E-state index contributed by atoms with van der Waals surface area (Å²) in [7, 11) is 0. The largest absolute Gasteiger partial charge is 0.339 e. The van der Waals surface area contributed by atoms with Crippen LogP contribution in [0.15, 0.2) is 0 Å². The predicted octanol–water partition coefficient (Wildman–Crippen LogP) is 2.39. The summed E-state index contributed by atoms with van der Waals surface area (Å²) in [6.07, 6.45) is 6.21. The number of ketones is 1. The molecule has 0 bridgehead atoms. The normalized spacial score (nSPS) is 26.7.